The highest BCUT2D eigenvalue weighted by Gasteiger charge is 2.22. The molecule has 1 fully saturated rings. The smallest absolute Gasteiger partial charge is 0.407 e. The molecule has 1 saturated heterocycles. The zero-order valence-electron chi connectivity index (χ0n) is 17.9. The molecule has 28 heavy (non-hydrogen) atoms. The van der Waals surface area contributed by atoms with Gasteiger partial charge in [-0.05, 0) is 71.3 Å². The average Bonchev–Trinajstić information content (AvgIpc) is 2.63. The van der Waals surface area contributed by atoms with Gasteiger partial charge < -0.3 is 15.0 Å². The molecule has 1 aliphatic rings. The van der Waals surface area contributed by atoms with Gasteiger partial charge >= 0.3 is 6.09 Å². The molecule has 1 N–H and O–H groups in total. The van der Waals surface area contributed by atoms with Crippen molar-refractivity contribution in [3.8, 4) is 0 Å². The lowest BCUT2D eigenvalue weighted by Crippen LogP contribution is -2.39. The molecule has 0 spiro atoms. The fraction of sp³-hybridized carbons (Fsp3) is 0.652. The van der Waals surface area contributed by atoms with Gasteiger partial charge in [0.05, 0.1) is 0 Å². The van der Waals surface area contributed by atoms with Crippen LogP contribution in [0.3, 0.4) is 0 Å². The zero-order chi connectivity index (χ0) is 20.6. The van der Waals surface area contributed by atoms with Crippen molar-refractivity contribution in [2.45, 2.75) is 71.8 Å². The predicted molar refractivity (Wildman–Crippen MR) is 112 cm³/mol. The minimum Gasteiger partial charge on any atom is -0.444 e. The minimum atomic E-state index is -0.496. The lowest BCUT2D eigenvalue weighted by atomic mass is 9.90. The van der Waals surface area contributed by atoms with E-state index in [-0.39, 0.29) is 5.91 Å². The Labute approximate surface area is 169 Å². The van der Waals surface area contributed by atoms with Gasteiger partial charge in [0.2, 0.25) is 5.91 Å². The third-order valence-electron chi connectivity index (χ3n) is 5.16. The SMILES string of the molecule is Cc1ccc(CCC2CCN(C(=O)CCCNC(=O)OC(C)(C)C)CC2)cc1. The van der Waals surface area contributed by atoms with Crippen molar-refractivity contribution in [2.75, 3.05) is 19.6 Å². The minimum absolute atomic E-state index is 0.197. The first kappa shape index (κ1) is 22.3. The first-order chi connectivity index (χ1) is 13.2. The number of nitrogens with zero attached hydrogens (tertiary/aromatic N) is 1. The van der Waals surface area contributed by atoms with Crippen molar-refractivity contribution >= 4 is 12.0 Å². The zero-order valence-corrected chi connectivity index (χ0v) is 17.9. The van der Waals surface area contributed by atoms with Gasteiger partial charge in [-0.1, -0.05) is 29.8 Å². The van der Waals surface area contributed by atoms with Crippen molar-refractivity contribution in [2.24, 2.45) is 5.92 Å². The lowest BCUT2D eigenvalue weighted by molar-refractivity contribution is -0.132. The number of carbonyl (C=O) groups excluding carboxylic acids is 2. The first-order valence-electron chi connectivity index (χ1n) is 10.5. The third-order valence-corrected chi connectivity index (χ3v) is 5.16. The maximum atomic E-state index is 12.4. The molecule has 2 rings (SSSR count). The van der Waals surface area contributed by atoms with Crippen LogP contribution >= 0.6 is 0 Å². The summed E-state index contributed by atoms with van der Waals surface area (Å²) < 4.78 is 5.19. The van der Waals surface area contributed by atoms with Crippen LogP contribution in [-0.2, 0) is 16.0 Å². The highest BCUT2D eigenvalue weighted by atomic mass is 16.6. The fourth-order valence-corrected chi connectivity index (χ4v) is 3.50. The number of carbonyl (C=O) groups is 2. The van der Waals surface area contributed by atoms with Gasteiger partial charge in [-0.15, -0.1) is 0 Å². The summed E-state index contributed by atoms with van der Waals surface area (Å²) in [7, 11) is 0. The van der Waals surface area contributed by atoms with E-state index < -0.39 is 11.7 Å². The van der Waals surface area contributed by atoms with E-state index in [0.717, 1.165) is 32.4 Å². The molecule has 0 atom stereocenters. The predicted octanol–water partition coefficient (Wildman–Crippen LogP) is 4.47. The Bertz CT molecular complexity index is 626. The van der Waals surface area contributed by atoms with E-state index in [1.54, 1.807) is 0 Å². The number of alkyl carbamates (subject to hydrolysis) is 1. The van der Waals surface area contributed by atoms with Crippen molar-refractivity contribution < 1.29 is 14.3 Å². The molecule has 0 aliphatic carbocycles. The van der Waals surface area contributed by atoms with E-state index in [0.29, 0.717) is 25.3 Å². The second-order valence-corrected chi connectivity index (χ2v) is 8.88. The second kappa shape index (κ2) is 10.5. The normalized spacial score (nSPS) is 15.4. The fourth-order valence-electron chi connectivity index (χ4n) is 3.50. The van der Waals surface area contributed by atoms with E-state index in [9.17, 15) is 9.59 Å². The van der Waals surface area contributed by atoms with Gasteiger partial charge in [0.15, 0.2) is 0 Å². The number of likely N-dealkylation sites (tertiary alicyclic amines) is 1. The molecule has 1 aromatic rings. The molecular formula is C23H36N2O3. The quantitative estimate of drug-likeness (QED) is 0.701. The molecule has 5 heteroatoms. The Kier molecular flexibility index (Phi) is 8.34. The number of benzene rings is 1. The van der Waals surface area contributed by atoms with E-state index >= 15 is 0 Å². The van der Waals surface area contributed by atoms with Crippen molar-refractivity contribution in [3.05, 3.63) is 35.4 Å². The Morgan fingerprint density at radius 3 is 2.39 bits per heavy atom. The molecule has 1 heterocycles. The van der Waals surface area contributed by atoms with E-state index in [1.165, 1.54) is 17.5 Å². The van der Waals surface area contributed by atoms with Gasteiger partial charge in [-0.25, -0.2) is 4.79 Å². The molecule has 0 unspecified atom stereocenters. The van der Waals surface area contributed by atoms with Crippen molar-refractivity contribution in [1.82, 2.24) is 10.2 Å². The molecule has 0 saturated carbocycles. The summed E-state index contributed by atoms with van der Waals surface area (Å²) in [6, 6.07) is 8.79. The lowest BCUT2D eigenvalue weighted by Gasteiger charge is -2.32. The summed E-state index contributed by atoms with van der Waals surface area (Å²) in [6.07, 6.45) is 5.20. The molecule has 0 bridgehead atoms. The van der Waals surface area contributed by atoms with Crippen LogP contribution in [0.25, 0.3) is 0 Å². The number of amides is 2. The highest BCUT2D eigenvalue weighted by Crippen LogP contribution is 2.23. The van der Waals surface area contributed by atoms with Crippen molar-refractivity contribution in [1.29, 1.82) is 0 Å². The topological polar surface area (TPSA) is 58.6 Å². The monoisotopic (exact) mass is 388 g/mol. The molecule has 2 amide bonds. The summed E-state index contributed by atoms with van der Waals surface area (Å²) in [6.45, 7) is 9.80. The van der Waals surface area contributed by atoms with Crippen LogP contribution in [0.1, 0.15) is 64.0 Å². The average molecular weight is 389 g/mol. The Hall–Kier alpha value is -2.04. The summed E-state index contributed by atoms with van der Waals surface area (Å²) >= 11 is 0. The number of ether oxygens (including phenoxy) is 1. The largest absolute Gasteiger partial charge is 0.444 e. The summed E-state index contributed by atoms with van der Waals surface area (Å²) in [4.78, 5) is 25.9. The van der Waals surface area contributed by atoms with Gasteiger partial charge in [0.25, 0.3) is 0 Å². The van der Waals surface area contributed by atoms with E-state index in [2.05, 4.69) is 36.5 Å². The Balaban J connectivity index is 1.58. The standard InChI is InChI=1S/C23H36N2O3/c1-18-7-9-19(10-8-18)11-12-20-13-16-25(17-14-20)21(26)6-5-15-24-22(27)28-23(2,3)4/h7-10,20H,5-6,11-17H2,1-4H3,(H,24,27). The van der Waals surface area contributed by atoms with Gasteiger partial charge in [0, 0.05) is 26.1 Å². The number of nitrogens with one attached hydrogen (secondary N) is 1. The molecule has 0 radical (unpaired) electrons. The van der Waals surface area contributed by atoms with Crippen LogP contribution in [0.5, 0.6) is 0 Å². The van der Waals surface area contributed by atoms with Crippen LogP contribution in [0.2, 0.25) is 0 Å². The van der Waals surface area contributed by atoms with Crippen LogP contribution in [0, 0.1) is 12.8 Å². The summed E-state index contributed by atoms with van der Waals surface area (Å²) in [5, 5.41) is 2.71. The number of piperidine rings is 1. The maximum Gasteiger partial charge on any atom is 0.407 e. The molecule has 0 aromatic heterocycles. The summed E-state index contributed by atoms with van der Waals surface area (Å²) in [5.41, 5.74) is 2.21. The summed E-state index contributed by atoms with van der Waals surface area (Å²) in [5.74, 6) is 0.905. The molecule has 1 aromatic carbocycles. The van der Waals surface area contributed by atoms with Gasteiger partial charge in [-0.3, -0.25) is 4.79 Å². The van der Waals surface area contributed by atoms with Gasteiger partial charge in [-0.2, -0.15) is 0 Å². The highest BCUT2D eigenvalue weighted by molar-refractivity contribution is 5.76. The van der Waals surface area contributed by atoms with Crippen LogP contribution < -0.4 is 5.32 Å². The third kappa shape index (κ3) is 8.32. The van der Waals surface area contributed by atoms with Crippen LogP contribution in [0.4, 0.5) is 4.79 Å². The van der Waals surface area contributed by atoms with E-state index in [4.69, 9.17) is 4.74 Å². The molecule has 156 valence electrons. The number of rotatable bonds is 7. The number of hydrogen-bond acceptors (Lipinski definition) is 3. The number of aryl methyl sites for hydroxylation is 2. The second-order valence-electron chi connectivity index (χ2n) is 8.88. The van der Waals surface area contributed by atoms with Crippen LogP contribution in [-0.4, -0.2) is 42.1 Å². The first-order valence-corrected chi connectivity index (χ1v) is 10.5. The van der Waals surface area contributed by atoms with Gasteiger partial charge in [0.1, 0.15) is 5.60 Å². The van der Waals surface area contributed by atoms with E-state index in [1.807, 2.05) is 25.7 Å². The molecular weight excluding hydrogens is 352 g/mol. The Morgan fingerprint density at radius 2 is 1.79 bits per heavy atom. The maximum absolute atomic E-state index is 12.4. The molecule has 5 nitrogen and oxygen atoms in total. The van der Waals surface area contributed by atoms with Crippen LogP contribution in [0.15, 0.2) is 24.3 Å². The number of hydrogen-bond donors (Lipinski definition) is 1. The molecule has 1 aliphatic heterocycles. The Morgan fingerprint density at radius 1 is 1.14 bits per heavy atom. The van der Waals surface area contributed by atoms with Crippen molar-refractivity contribution in [3.63, 3.8) is 0 Å².